The molecule has 2 aliphatic rings. The fraction of sp³-hybridized carbons (Fsp3) is 0.250. The topological polar surface area (TPSA) is 83.9 Å². The highest BCUT2D eigenvalue weighted by Crippen LogP contribution is 2.38. The lowest BCUT2D eigenvalue weighted by Gasteiger charge is -2.13. The van der Waals surface area contributed by atoms with Gasteiger partial charge in [0.2, 0.25) is 0 Å². The summed E-state index contributed by atoms with van der Waals surface area (Å²) in [5.74, 6) is -0.199. The predicted octanol–water partition coefficient (Wildman–Crippen LogP) is 3.03. The van der Waals surface area contributed by atoms with Gasteiger partial charge in [0, 0.05) is 28.7 Å². The molecule has 1 N–H and O–H groups in total. The van der Waals surface area contributed by atoms with Crippen molar-refractivity contribution in [3.63, 3.8) is 0 Å². The van der Waals surface area contributed by atoms with Crippen molar-refractivity contribution in [2.24, 2.45) is 0 Å². The van der Waals surface area contributed by atoms with E-state index in [4.69, 9.17) is 9.84 Å². The van der Waals surface area contributed by atoms with Crippen LogP contribution in [0.3, 0.4) is 0 Å². The zero-order valence-corrected chi connectivity index (χ0v) is 15.2. The molecule has 2 aromatic carbocycles. The second-order valence-corrected chi connectivity index (χ2v) is 7.63. The summed E-state index contributed by atoms with van der Waals surface area (Å²) in [6.07, 6.45) is 0.0379. The number of imide groups is 1. The van der Waals surface area contributed by atoms with Gasteiger partial charge in [-0.25, -0.2) is 0 Å². The Morgan fingerprint density at radius 1 is 1.15 bits per heavy atom. The third-order valence-corrected chi connectivity index (χ3v) is 5.72. The number of carboxylic acid groups (broad SMARTS) is 1. The van der Waals surface area contributed by atoms with Gasteiger partial charge in [-0.1, -0.05) is 12.1 Å². The van der Waals surface area contributed by atoms with Gasteiger partial charge >= 0.3 is 5.97 Å². The van der Waals surface area contributed by atoms with E-state index in [0.29, 0.717) is 30.0 Å². The number of carbonyl (C=O) groups excluding carboxylic acids is 2. The summed E-state index contributed by atoms with van der Waals surface area (Å²) in [5, 5.41) is 9.03. The highest BCUT2D eigenvalue weighted by atomic mass is 32.2. The molecule has 1 unspecified atom stereocenters. The number of carboxylic acids is 1. The second kappa shape index (κ2) is 7.08. The summed E-state index contributed by atoms with van der Waals surface area (Å²) in [5.41, 5.74) is 1.82. The molecule has 138 valence electrons. The number of thioether (sulfide) groups is 1. The van der Waals surface area contributed by atoms with E-state index in [9.17, 15) is 14.4 Å². The van der Waals surface area contributed by atoms with Crippen LogP contribution in [0, 0.1) is 0 Å². The van der Waals surface area contributed by atoms with Gasteiger partial charge < -0.3 is 9.84 Å². The first kappa shape index (κ1) is 17.6. The Morgan fingerprint density at radius 2 is 1.85 bits per heavy atom. The lowest BCUT2D eigenvalue weighted by Crippen LogP contribution is -2.31. The largest absolute Gasteiger partial charge is 0.493 e. The molecule has 0 saturated carbocycles. The van der Waals surface area contributed by atoms with Crippen LogP contribution in [-0.2, 0) is 4.79 Å². The summed E-state index contributed by atoms with van der Waals surface area (Å²) in [6.45, 7) is 0.702. The Morgan fingerprint density at radius 3 is 2.52 bits per heavy atom. The van der Waals surface area contributed by atoms with E-state index in [-0.39, 0.29) is 24.2 Å². The molecule has 1 atom stereocenters. The van der Waals surface area contributed by atoms with Crippen LogP contribution in [0.1, 0.15) is 38.6 Å². The van der Waals surface area contributed by atoms with Gasteiger partial charge in [-0.05, 0) is 30.3 Å². The van der Waals surface area contributed by atoms with Crippen LogP contribution in [-0.4, -0.2) is 46.7 Å². The zero-order chi connectivity index (χ0) is 19.0. The second-order valence-electron chi connectivity index (χ2n) is 6.46. The Hall–Kier alpha value is -2.80. The van der Waals surface area contributed by atoms with Gasteiger partial charge in [0.1, 0.15) is 5.75 Å². The van der Waals surface area contributed by atoms with E-state index in [1.54, 1.807) is 24.3 Å². The summed E-state index contributed by atoms with van der Waals surface area (Å²) >= 11 is 1.53. The predicted molar refractivity (Wildman–Crippen MR) is 99.5 cm³/mol. The zero-order valence-electron chi connectivity index (χ0n) is 14.4. The number of hydrogen-bond acceptors (Lipinski definition) is 5. The number of rotatable bonds is 6. The number of carbonyl (C=O) groups is 3. The van der Waals surface area contributed by atoms with Crippen molar-refractivity contribution in [1.82, 2.24) is 4.90 Å². The molecular formula is C20H17NO5S. The van der Waals surface area contributed by atoms with E-state index in [2.05, 4.69) is 0 Å². The molecule has 0 radical (unpaired) electrons. The van der Waals surface area contributed by atoms with Gasteiger partial charge in [-0.2, -0.15) is 0 Å². The van der Waals surface area contributed by atoms with Crippen LogP contribution >= 0.6 is 11.8 Å². The summed E-state index contributed by atoms with van der Waals surface area (Å²) in [4.78, 5) is 38.0. The Balaban J connectivity index is 1.40. The molecular weight excluding hydrogens is 366 g/mol. The number of aliphatic carboxylic acids is 1. The summed E-state index contributed by atoms with van der Waals surface area (Å²) in [6, 6.07) is 12.6. The molecule has 2 amide bonds. The monoisotopic (exact) mass is 383 g/mol. The first-order valence-electron chi connectivity index (χ1n) is 8.61. The van der Waals surface area contributed by atoms with Crippen LogP contribution in [0.4, 0.5) is 0 Å². The maximum atomic E-state index is 12.4. The number of nitrogens with zero attached hydrogens (tertiary/aromatic N) is 1. The molecule has 27 heavy (non-hydrogen) atoms. The molecule has 0 aliphatic carbocycles. The Kier molecular flexibility index (Phi) is 4.61. The maximum absolute atomic E-state index is 12.4. The molecule has 0 saturated heterocycles. The molecule has 0 bridgehead atoms. The van der Waals surface area contributed by atoms with Crippen LogP contribution in [0.2, 0.25) is 0 Å². The minimum atomic E-state index is -0.847. The van der Waals surface area contributed by atoms with Crippen molar-refractivity contribution in [3.8, 4) is 5.75 Å². The van der Waals surface area contributed by atoms with Crippen molar-refractivity contribution in [3.05, 3.63) is 59.2 Å². The number of ether oxygens (including phenoxy) is 1. The third kappa shape index (κ3) is 3.30. The average Bonchev–Trinajstić information content (AvgIpc) is 3.16. The highest BCUT2D eigenvalue weighted by molar-refractivity contribution is 7.99. The van der Waals surface area contributed by atoms with Gasteiger partial charge in [-0.3, -0.25) is 19.3 Å². The van der Waals surface area contributed by atoms with Crippen molar-refractivity contribution in [2.75, 3.05) is 18.9 Å². The molecule has 7 heteroatoms. The number of hydrogen-bond donors (Lipinski definition) is 1. The van der Waals surface area contributed by atoms with Crippen LogP contribution in [0.25, 0.3) is 0 Å². The van der Waals surface area contributed by atoms with E-state index >= 15 is 0 Å². The summed E-state index contributed by atoms with van der Waals surface area (Å²) in [7, 11) is 0. The van der Waals surface area contributed by atoms with Crippen LogP contribution in [0.15, 0.2) is 47.4 Å². The highest BCUT2D eigenvalue weighted by Gasteiger charge is 2.34. The SMILES string of the molecule is O=C(O)CC1COc2ccc(SCCN3C(=O)c4ccccc4C3=O)cc21. The smallest absolute Gasteiger partial charge is 0.304 e. The molecule has 0 fully saturated rings. The standard InChI is InChI=1S/C20H17NO5S/c22-18(23)9-12-11-26-17-6-5-13(10-16(12)17)27-8-7-21-19(24)14-3-1-2-4-15(14)20(21)25/h1-6,10,12H,7-9,11H2,(H,22,23). The van der Waals surface area contributed by atoms with Gasteiger partial charge in [-0.15, -0.1) is 11.8 Å². The van der Waals surface area contributed by atoms with E-state index in [1.165, 1.54) is 16.7 Å². The Labute approximate surface area is 160 Å². The van der Waals surface area contributed by atoms with Crippen LogP contribution < -0.4 is 4.74 Å². The van der Waals surface area contributed by atoms with Crippen molar-refractivity contribution in [2.45, 2.75) is 17.2 Å². The molecule has 6 nitrogen and oxygen atoms in total. The van der Waals surface area contributed by atoms with Crippen molar-refractivity contribution < 1.29 is 24.2 Å². The normalized spacial score (nSPS) is 17.6. The minimum Gasteiger partial charge on any atom is -0.493 e. The van der Waals surface area contributed by atoms with E-state index in [0.717, 1.165) is 16.2 Å². The van der Waals surface area contributed by atoms with E-state index < -0.39 is 5.97 Å². The molecule has 2 aliphatic heterocycles. The molecule has 0 spiro atoms. The minimum absolute atomic E-state index is 0.0379. The fourth-order valence-corrected chi connectivity index (χ4v) is 4.31. The number of amides is 2. The number of benzene rings is 2. The Bertz CT molecular complexity index is 907. The van der Waals surface area contributed by atoms with Crippen molar-refractivity contribution in [1.29, 1.82) is 0 Å². The molecule has 2 aromatic rings. The van der Waals surface area contributed by atoms with Gasteiger partial charge in [0.25, 0.3) is 11.8 Å². The average molecular weight is 383 g/mol. The molecule has 2 heterocycles. The lowest BCUT2D eigenvalue weighted by atomic mass is 9.98. The van der Waals surface area contributed by atoms with Crippen molar-refractivity contribution >= 4 is 29.5 Å². The quantitative estimate of drug-likeness (QED) is 0.610. The third-order valence-electron chi connectivity index (χ3n) is 4.74. The first-order valence-corrected chi connectivity index (χ1v) is 9.59. The van der Waals surface area contributed by atoms with E-state index in [1.807, 2.05) is 18.2 Å². The molecule has 4 rings (SSSR count). The number of fused-ring (bicyclic) bond motifs is 2. The maximum Gasteiger partial charge on any atom is 0.304 e. The van der Waals surface area contributed by atoms with Gasteiger partial charge in [0.15, 0.2) is 0 Å². The fourth-order valence-electron chi connectivity index (χ4n) is 3.42. The summed E-state index contributed by atoms with van der Waals surface area (Å²) < 4.78 is 5.55. The molecule has 0 aromatic heterocycles. The van der Waals surface area contributed by atoms with Crippen LogP contribution in [0.5, 0.6) is 5.75 Å². The lowest BCUT2D eigenvalue weighted by molar-refractivity contribution is -0.137. The van der Waals surface area contributed by atoms with Gasteiger partial charge in [0.05, 0.1) is 24.2 Å². The first-order chi connectivity index (χ1) is 13.0.